The van der Waals surface area contributed by atoms with Crippen LogP contribution in [0.4, 0.5) is 17.6 Å². The number of carboxylic acid groups (broad SMARTS) is 1. The Kier molecular flexibility index (Phi) is 8.68. The fourth-order valence-corrected chi connectivity index (χ4v) is 4.01. The number of carboxylic acids is 1. The number of nitrogens with one attached hydrogen (secondary N) is 2. The molecule has 10 nitrogen and oxygen atoms in total. The number of aromatic carboxylic acids is 1. The Balaban J connectivity index is 1.44. The number of hydrogen-bond acceptors (Lipinski definition) is 9. The Labute approximate surface area is 232 Å². The normalized spacial score (nSPS) is 11.9. The Morgan fingerprint density at radius 1 is 0.975 bits per heavy atom. The molecule has 0 saturated carbocycles. The van der Waals surface area contributed by atoms with Crippen LogP contribution in [0.25, 0.3) is 11.4 Å². The van der Waals surface area contributed by atoms with Crippen LogP contribution < -0.4 is 10.6 Å². The number of esters is 1. The van der Waals surface area contributed by atoms with Crippen molar-refractivity contribution in [3.63, 3.8) is 0 Å². The summed E-state index contributed by atoms with van der Waals surface area (Å²) < 4.78 is 5.43. The van der Waals surface area contributed by atoms with Crippen molar-refractivity contribution < 1.29 is 19.4 Å². The van der Waals surface area contributed by atoms with Gasteiger partial charge in [-0.3, -0.25) is 4.79 Å². The number of carbonyl (C=O) groups is 2. The van der Waals surface area contributed by atoms with Gasteiger partial charge in [-0.2, -0.15) is 4.98 Å². The average Bonchev–Trinajstić information content (AvgIpc) is 2.88. The molecule has 0 aliphatic rings. The van der Waals surface area contributed by atoms with Crippen molar-refractivity contribution in [1.29, 1.82) is 0 Å². The van der Waals surface area contributed by atoms with Gasteiger partial charge in [0.05, 0.1) is 6.42 Å². The summed E-state index contributed by atoms with van der Waals surface area (Å²) in [6.07, 6.45) is 3.72. The van der Waals surface area contributed by atoms with Gasteiger partial charge in [-0.25, -0.2) is 19.7 Å². The second-order valence-corrected chi connectivity index (χ2v) is 10.4. The van der Waals surface area contributed by atoms with Crippen LogP contribution in [0.3, 0.4) is 0 Å². The van der Waals surface area contributed by atoms with Crippen LogP contribution in [0, 0.1) is 0 Å². The minimum Gasteiger partial charge on any atom is -0.477 e. The minimum atomic E-state index is -1.16. The van der Waals surface area contributed by atoms with Crippen LogP contribution >= 0.6 is 0 Å². The van der Waals surface area contributed by atoms with Gasteiger partial charge in [-0.15, -0.1) is 0 Å². The SMILES string of the molecule is CC(Cc1cccc(CC(=O)OC(C)(C)C)c1)Nc1nccc(Nc2nc(-c3ccccc3)ncc2C(=O)O)n1. The summed E-state index contributed by atoms with van der Waals surface area (Å²) in [7, 11) is 0. The van der Waals surface area contributed by atoms with E-state index in [1.54, 1.807) is 12.3 Å². The highest BCUT2D eigenvalue weighted by atomic mass is 16.6. The largest absolute Gasteiger partial charge is 0.477 e. The molecule has 1 unspecified atom stereocenters. The van der Waals surface area contributed by atoms with E-state index in [0.29, 0.717) is 24.0 Å². The number of anilines is 3. The van der Waals surface area contributed by atoms with E-state index < -0.39 is 11.6 Å². The number of ether oxygens (including phenoxy) is 1. The fraction of sp³-hybridized carbons (Fsp3) is 0.267. The van der Waals surface area contributed by atoms with Crippen molar-refractivity contribution in [2.45, 2.75) is 52.2 Å². The molecular weight excluding hydrogens is 508 g/mol. The molecule has 0 aliphatic carbocycles. The fourth-order valence-electron chi connectivity index (χ4n) is 4.01. The molecule has 4 aromatic rings. The number of aromatic nitrogens is 4. The molecule has 1 atom stereocenters. The quantitative estimate of drug-likeness (QED) is 0.227. The second-order valence-electron chi connectivity index (χ2n) is 10.4. The zero-order valence-electron chi connectivity index (χ0n) is 22.9. The first-order valence-corrected chi connectivity index (χ1v) is 12.9. The lowest BCUT2D eigenvalue weighted by atomic mass is 10.0. The van der Waals surface area contributed by atoms with Crippen molar-refractivity contribution >= 4 is 29.5 Å². The van der Waals surface area contributed by atoms with E-state index in [2.05, 4.69) is 30.6 Å². The molecule has 0 bridgehead atoms. The van der Waals surface area contributed by atoms with Gasteiger partial charge in [0.15, 0.2) is 5.82 Å². The third-order valence-electron chi connectivity index (χ3n) is 5.63. The van der Waals surface area contributed by atoms with Crippen LogP contribution in [0.2, 0.25) is 0 Å². The summed E-state index contributed by atoms with van der Waals surface area (Å²) in [4.78, 5) is 41.5. The highest BCUT2D eigenvalue weighted by molar-refractivity contribution is 5.93. The van der Waals surface area contributed by atoms with E-state index in [9.17, 15) is 14.7 Å². The molecule has 2 heterocycles. The highest BCUT2D eigenvalue weighted by Crippen LogP contribution is 2.22. The van der Waals surface area contributed by atoms with E-state index in [4.69, 9.17) is 4.74 Å². The maximum absolute atomic E-state index is 12.2. The number of benzene rings is 2. The second kappa shape index (κ2) is 12.3. The summed E-state index contributed by atoms with van der Waals surface area (Å²) >= 11 is 0. The standard InChI is InChI=1S/C30H32N6O4/c1-19(15-20-9-8-10-21(16-20)17-25(37)40-30(2,3)4)33-29-31-14-13-24(35-29)34-27-23(28(38)39)18-32-26(36-27)22-11-6-5-7-12-22/h5-14,16,18-19H,15,17H2,1-4H3,(H,38,39)(H2,31,32,33,34,35,36). The maximum Gasteiger partial charge on any atom is 0.341 e. The zero-order valence-corrected chi connectivity index (χ0v) is 22.9. The predicted molar refractivity (Wildman–Crippen MR) is 153 cm³/mol. The maximum atomic E-state index is 12.2. The summed E-state index contributed by atoms with van der Waals surface area (Å²) in [5.74, 6) is -0.152. The zero-order chi connectivity index (χ0) is 28.7. The van der Waals surface area contributed by atoms with E-state index in [1.807, 2.05) is 82.3 Å². The molecule has 206 valence electrons. The molecule has 10 heteroatoms. The highest BCUT2D eigenvalue weighted by Gasteiger charge is 2.18. The lowest BCUT2D eigenvalue weighted by molar-refractivity contribution is -0.153. The van der Waals surface area contributed by atoms with Crippen molar-refractivity contribution in [2.75, 3.05) is 10.6 Å². The van der Waals surface area contributed by atoms with Gasteiger partial charge in [0.2, 0.25) is 5.95 Å². The molecule has 0 spiro atoms. The first-order chi connectivity index (χ1) is 19.1. The first kappa shape index (κ1) is 28.2. The molecule has 2 aromatic heterocycles. The number of hydrogen-bond donors (Lipinski definition) is 3. The van der Waals surface area contributed by atoms with E-state index in [-0.39, 0.29) is 29.8 Å². The van der Waals surface area contributed by atoms with Gasteiger partial charge in [-0.05, 0) is 51.3 Å². The van der Waals surface area contributed by atoms with Gasteiger partial charge in [-0.1, -0.05) is 54.6 Å². The molecule has 0 amide bonds. The average molecular weight is 541 g/mol. The lowest BCUT2D eigenvalue weighted by Crippen LogP contribution is -2.25. The Bertz CT molecular complexity index is 1490. The predicted octanol–water partition coefficient (Wildman–Crippen LogP) is 5.30. The molecular formula is C30H32N6O4. The van der Waals surface area contributed by atoms with E-state index >= 15 is 0 Å². The Hall–Kier alpha value is -4.86. The van der Waals surface area contributed by atoms with E-state index in [0.717, 1.165) is 16.7 Å². The third-order valence-corrected chi connectivity index (χ3v) is 5.63. The smallest absolute Gasteiger partial charge is 0.341 e. The molecule has 40 heavy (non-hydrogen) atoms. The topological polar surface area (TPSA) is 139 Å². The van der Waals surface area contributed by atoms with Gasteiger partial charge >= 0.3 is 11.9 Å². The van der Waals surface area contributed by atoms with Crippen LogP contribution in [-0.4, -0.2) is 48.6 Å². The first-order valence-electron chi connectivity index (χ1n) is 12.9. The summed E-state index contributed by atoms with van der Waals surface area (Å²) in [5.41, 5.74) is 2.10. The molecule has 0 saturated heterocycles. The molecule has 3 N–H and O–H groups in total. The van der Waals surface area contributed by atoms with Crippen molar-refractivity contribution in [1.82, 2.24) is 19.9 Å². The lowest BCUT2D eigenvalue weighted by Gasteiger charge is -2.19. The molecule has 0 fully saturated rings. The molecule has 0 radical (unpaired) electrons. The van der Waals surface area contributed by atoms with Gasteiger partial charge in [0.25, 0.3) is 0 Å². The van der Waals surface area contributed by atoms with Crippen LogP contribution in [0.15, 0.2) is 73.1 Å². The molecule has 4 rings (SSSR count). The van der Waals surface area contributed by atoms with Crippen LogP contribution in [0.5, 0.6) is 0 Å². The monoisotopic (exact) mass is 540 g/mol. The minimum absolute atomic E-state index is 0.0367. The van der Waals surface area contributed by atoms with Gasteiger partial charge in [0, 0.05) is 24.0 Å². The Morgan fingerprint density at radius 3 is 2.45 bits per heavy atom. The van der Waals surface area contributed by atoms with Crippen LogP contribution in [-0.2, 0) is 22.4 Å². The summed E-state index contributed by atoms with van der Waals surface area (Å²) in [5, 5.41) is 15.9. The number of carbonyl (C=O) groups excluding carboxylic acids is 1. The number of nitrogens with zero attached hydrogens (tertiary/aromatic N) is 4. The van der Waals surface area contributed by atoms with Crippen molar-refractivity contribution in [3.05, 3.63) is 89.7 Å². The Morgan fingerprint density at radius 2 is 1.73 bits per heavy atom. The number of rotatable bonds is 10. The van der Waals surface area contributed by atoms with Crippen molar-refractivity contribution in [2.24, 2.45) is 0 Å². The molecule has 2 aromatic carbocycles. The van der Waals surface area contributed by atoms with Gasteiger partial charge in [0.1, 0.15) is 22.8 Å². The van der Waals surface area contributed by atoms with E-state index in [1.165, 1.54) is 6.20 Å². The van der Waals surface area contributed by atoms with Crippen LogP contribution in [0.1, 0.15) is 49.2 Å². The van der Waals surface area contributed by atoms with Gasteiger partial charge < -0.3 is 20.5 Å². The third kappa shape index (κ3) is 8.07. The van der Waals surface area contributed by atoms with Crippen molar-refractivity contribution in [3.8, 4) is 11.4 Å². The summed E-state index contributed by atoms with van der Waals surface area (Å²) in [6, 6.07) is 18.7. The molecule has 0 aliphatic heterocycles. The summed E-state index contributed by atoms with van der Waals surface area (Å²) in [6.45, 7) is 7.55.